The molecule has 2 N–H and O–H groups in total. The molecule has 22 heavy (non-hydrogen) atoms. The van der Waals surface area contributed by atoms with E-state index < -0.39 is 0 Å². The number of amides is 1. The Morgan fingerprint density at radius 3 is 2.36 bits per heavy atom. The average Bonchev–Trinajstić information content (AvgIpc) is 3.01. The van der Waals surface area contributed by atoms with Gasteiger partial charge in [-0.05, 0) is 31.2 Å². The maximum Gasteiger partial charge on any atom is 0.236 e. The largest absolute Gasteiger partial charge is 0.354 e. The lowest BCUT2D eigenvalue weighted by Gasteiger charge is -2.31. The molecule has 3 nitrogen and oxygen atoms in total. The minimum Gasteiger partial charge on any atom is -0.354 e. The summed E-state index contributed by atoms with van der Waals surface area (Å²) in [7, 11) is 0. The molecule has 0 bridgehead atoms. The van der Waals surface area contributed by atoms with Crippen molar-refractivity contribution in [1.82, 2.24) is 10.6 Å². The van der Waals surface area contributed by atoms with Gasteiger partial charge in [0, 0.05) is 18.5 Å². The fourth-order valence-corrected chi connectivity index (χ4v) is 3.31. The Bertz CT molecular complexity index is 464. The van der Waals surface area contributed by atoms with Gasteiger partial charge >= 0.3 is 0 Å². The third-order valence-corrected chi connectivity index (χ3v) is 4.77. The summed E-state index contributed by atoms with van der Waals surface area (Å²) < 4.78 is 0. The fourth-order valence-electron chi connectivity index (χ4n) is 3.31. The van der Waals surface area contributed by atoms with Crippen LogP contribution in [-0.2, 0) is 10.2 Å². The van der Waals surface area contributed by atoms with Crippen LogP contribution in [0.2, 0.25) is 0 Å². The molecule has 1 atom stereocenters. The lowest BCUT2D eigenvalue weighted by molar-refractivity contribution is -0.122. The van der Waals surface area contributed by atoms with Gasteiger partial charge in [-0.1, -0.05) is 57.0 Å². The minimum absolute atomic E-state index is 0.106. The molecule has 0 aromatic heterocycles. The fraction of sp³-hybridized carbons (Fsp3) is 0.632. The SMILES string of the molecule is CC(C)CNC(=O)C(C)NCC1(c2ccccc2)CCCC1. The topological polar surface area (TPSA) is 41.1 Å². The molecule has 1 fully saturated rings. The van der Waals surface area contributed by atoms with E-state index in [1.165, 1.54) is 31.2 Å². The predicted molar refractivity (Wildman–Crippen MR) is 91.9 cm³/mol. The quantitative estimate of drug-likeness (QED) is 0.812. The number of hydrogen-bond donors (Lipinski definition) is 2. The number of carbonyl (C=O) groups excluding carboxylic acids is 1. The Labute approximate surface area is 134 Å². The zero-order valence-electron chi connectivity index (χ0n) is 14.2. The maximum absolute atomic E-state index is 12.1. The Hall–Kier alpha value is -1.35. The van der Waals surface area contributed by atoms with E-state index in [4.69, 9.17) is 0 Å². The van der Waals surface area contributed by atoms with E-state index in [2.05, 4.69) is 54.8 Å². The van der Waals surface area contributed by atoms with Crippen molar-refractivity contribution in [2.24, 2.45) is 5.92 Å². The highest BCUT2D eigenvalue weighted by Crippen LogP contribution is 2.40. The zero-order chi connectivity index (χ0) is 16.0. The molecule has 0 spiro atoms. The first-order valence-electron chi connectivity index (χ1n) is 8.60. The standard InChI is InChI=1S/C19H30N2O/c1-15(2)13-20-18(22)16(3)21-14-19(11-7-8-12-19)17-9-5-4-6-10-17/h4-6,9-10,15-16,21H,7-8,11-14H2,1-3H3,(H,20,22). The lowest BCUT2D eigenvalue weighted by Crippen LogP contribution is -2.47. The van der Waals surface area contributed by atoms with Crippen molar-refractivity contribution in [3.05, 3.63) is 35.9 Å². The third-order valence-electron chi connectivity index (χ3n) is 4.77. The molecular weight excluding hydrogens is 272 g/mol. The maximum atomic E-state index is 12.1. The van der Waals surface area contributed by atoms with Crippen LogP contribution in [0.25, 0.3) is 0 Å². The predicted octanol–water partition coefficient (Wildman–Crippen LogP) is 3.25. The molecule has 1 aromatic rings. The van der Waals surface area contributed by atoms with Crippen LogP contribution >= 0.6 is 0 Å². The molecule has 0 heterocycles. The summed E-state index contributed by atoms with van der Waals surface area (Å²) in [5.41, 5.74) is 1.61. The molecule has 1 amide bonds. The first-order chi connectivity index (χ1) is 10.5. The monoisotopic (exact) mass is 302 g/mol. The molecule has 1 aliphatic carbocycles. The number of carbonyl (C=O) groups is 1. The number of benzene rings is 1. The minimum atomic E-state index is -0.139. The van der Waals surface area contributed by atoms with Gasteiger partial charge in [-0.2, -0.15) is 0 Å². The van der Waals surface area contributed by atoms with Gasteiger partial charge in [0.2, 0.25) is 5.91 Å². The normalized spacial score (nSPS) is 18.4. The number of rotatable bonds is 7. The van der Waals surface area contributed by atoms with Gasteiger partial charge in [-0.15, -0.1) is 0 Å². The van der Waals surface area contributed by atoms with Crippen molar-refractivity contribution >= 4 is 5.91 Å². The van der Waals surface area contributed by atoms with Crippen LogP contribution in [0.15, 0.2) is 30.3 Å². The summed E-state index contributed by atoms with van der Waals surface area (Å²) in [4.78, 5) is 12.1. The van der Waals surface area contributed by atoms with E-state index in [9.17, 15) is 4.79 Å². The number of nitrogens with one attached hydrogen (secondary N) is 2. The molecule has 0 saturated heterocycles. The van der Waals surface area contributed by atoms with Crippen LogP contribution in [0.4, 0.5) is 0 Å². The summed E-state index contributed by atoms with van der Waals surface area (Å²) >= 11 is 0. The van der Waals surface area contributed by atoms with Gasteiger partial charge in [0.25, 0.3) is 0 Å². The highest BCUT2D eigenvalue weighted by Gasteiger charge is 2.35. The van der Waals surface area contributed by atoms with Gasteiger partial charge in [0.1, 0.15) is 0 Å². The van der Waals surface area contributed by atoms with Crippen molar-refractivity contribution in [2.45, 2.75) is 57.9 Å². The van der Waals surface area contributed by atoms with Crippen molar-refractivity contribution in [2.75, 3.05) is 13.1 Å². The van der Waals surface area contributed by atoms with Crippen molar-refractivity contribution in [1.29, 1.82) is 0 Å². The second-order valence-corrected chi connectivity index (χ2v) is 7.10. The van der Waals surface area contributed by atoms with Crippen molar-refractivity contribution < 1.29 is 4.79 Å². The zero-order valence-corrected chi connectivity index (χ0v) is 14.2. The van der Waals surface area contributed by atoms with Crippen LogP contribution in [0, 0.1) is 5.92 Å². The van der Waals surface area contributed by atoms with Crippen LogP contribution in [0.5, 0.6) is 0 Å². The van der Waals surface area contributed by atoms with Gasteiger partial charge < -0.3 is 10.6 Å². The second-order valence-electron chi connectivity index (χ2n) is 7.10. The summed E-state index contributed by atoms with van der Waals surface area (Å²) in [6.07, 6.45) is 4.99. The first-order valence-corrected chi connectivity index (χ1v) is 8.60. The Morgan fingerprint density at radius 1 is 1.14 bits per heavy atom. The molecule has 1 aliphatic rings. The second kappa shape index (κ2) is 7.77. The Morgan fingerprint density at radius 2 is 1.77 bits per heavy atom. The van der Waals surface area contributed by atoms with Gasteiger partial charge in [-0.25, -0.2) is 0 Å². The molecular formula is C19H30N2O. The smallest absolute Gasteiger partial charge is 0.236 e. The van der Waals surface area contributed by atoms with Crippen LogP contribution < -0.4 is 10.6 Å². The van der Waals surface area contributed by atoms with Crippen molar-refractivity contribution in [3.8, 4) is 0 Å². The summed E-state index contributed by atoms with van der Waals surface area (Å²) in [6, 6.07) is 10.6. The third kappa shape index (κ3) is 4.33. The van der Waals surface area contributed by atoms with Crippen LogP contribution in [-0.4, -0.2) is 25.0 Å². The van der Waals surface area contributed by atoms with E-state index in [1.54, 1.807) is 0 Å². The number of hydrogen-bond acceptors (Lipinski definition) is 2. The molecule has 1 saturated carbocycles. The van der Waals surface area contributed by atoms with Crippen LogP contribution in [0.3, 0.4) is 0 Å². The van der Waals surface area contributed by atoms with Gasteiger partial charge in [-0.3, -0.25) is 4.79 Å². The highest BCUT2D eigenvalue weighted by molar-refractivity contribution is 5.81. The molecule has 0 radical (unpaired) electrons. The first kappa shape index (κ1) is 17.0. The van der Waals surface area contributed by atoms with E-state index in [0.29, 0.717) is 5.92 Å². The molecule has 2 rings (SSSR count). The molecule has 122 valence electrons. The summed E-state index contributed by atoms with van der Waals surface area (Å²) in [5, 5.41) is 6.48. The average molecular weight is 302 g/mol. The van der Waals surface area contributed by atoms with E-state index in [-0.39, 0.29) is 17.4 Å². The highest BCUT2D eigenvalue weighted by atomic mass is 16.2. The van der Waals surface area contributed by atoms with E-state index >= 15 is 0 Å². The van der Waals surface area contributed by atoms with Crippen molar-refractivity contribution in [3.63, 3.8) is 0 Å². The van der Waals surface area contributed by atoms with Gasteiger partial charge in [0.15, 0.2) is 0 Å². The molecule has 1 aromatic carbocycles. The molecule has 3 heteroatoms. The summed E-state index contributed by atoms with van der Waals surface area (Å²) in [6.45, 7) is 7.81. The van der Waals surface area contributed by atoms with E-state index in [0.717, 1.165) is 13.1 Å². The van der Waals surface area contributed by atoms with Crippen LogP contribution in [0.1, 0.15) is 52.0 Å². The lowest BCUT2D eigenvalue weighted by atomic mass is 9.78. The van der Waals surface area contributed by atoms with Gasteiger partial charge in [0.05, 0.1) is 6.04 Å². The Balaban J connectivity index is 1.94. The van der Waals surface area contributed by atoms with E-state index in [1.807, 2.05) is 6.92 Å². The molecule has 1 unspecified atom stereocenters. The molecule has 0 aliphatic heterocycles. The Kier molecular flexibility index (Phi) is 6.01. The summed E-state index contributed by atoms with van der Waals surface area (Å²) in [5.74, 6) is 0.594.